The molecule has 0 radical (unpaired) electrons. The first-order valence-electron chi connectivity index (χ1n) is 15.7. The highest BCUT2D eigenvalue weighted by Gasteiger charge is 2.16. The molecular weight excluding hydrogens is 482 g/mol. The Morgan fingerprint density at radius 3 is 1.92 bits per heavy atom. The fourth-order valence-electron chi connectivity index (χ4n) is 5.15. The molecule has 0 aromatic heterocycles. The van der Waals surface area contributed by atoms with Crippen LogP contribution in [0.3, 0.4) is 0 Å². The molecule has 0 saturated carbocycles. The minimum absolute atomic E-state index is 0.191. The molecule has 4 nitrogen and oxygen atoms in total. The summed E-state index contributed by atoms with van der Waals surface area (Å²) in [6.07, 6.45) is 17.8. The average Bonchev–Trinajstić information content (AvgIpc) is 2.91. The van der Waals surface area contributed by atoms with Crippen molar-refractivity contribution in [3.05, 3.63) is 65.7 Å². The molecule has 0 saturated heterocycles. The average molecular weight is 539 g/mol. The Morgan fingerprint density at radius 1 is 0.718 bits per heavy atom. The number of quaternary nitrogens is 1. The zero-order valence-electron chi connectivity index (χ0n) is 25.5. The quantitative estimate of drug-likeness (QED) is 0.0648. The van der Waals surface area contributed by atoms with Gasteiger partial charge in [0, 0.05) is 18.9 Å². The van der Waals surface area contributed by atoms with E-state index in [0.29, 0.717) is 6.42 Å². The normalized spacial score (nSPS) is 12.3. The van der Waals surface area contributed by atoms with Gasteiger partial charge in [-0.05, 0) is 43.4 Å². The second-order valence-electron chi connectivity index (χ2n) is 11.9. The summed E-state index contributed by atoms with van der Waals surface area (Å²) < 4.78 is 12.2. The number of nitrogens with zero attached hydrogens (tertiary/aromatic N) is 1. The summed E-state index contributed by atoms with van der Waals surface area (Å²) in [5.41, 5.74) is 2.69. The number of carbonyl (C=O) groups excluding carboxylic acids is 1. The van der Waals surface area contributed by atoms with Gasteiger partial charge in [-0.1, -0.05) is 114 Å². The third-order valence-corrected chi connectivity index (χ3v) is 7.44. The van der Waals surface area contributed by atoms with Gasteiger partial charge >= 0.3 is 5.97 Å². The minimum atomic E-state index is -0.583. The highest BCUT2D eigenvalue weighted by Crippen LogP contribution is 2.18. The molecule has 0 fully saturated rings. The van der Waals surface area contributed by atoms with Crippen LogP contribution in [-0.4, -0.2) is 37.4 Å². The third-order valence-electron chi connectivity index (χ3n) is 7.44. The Hall–Kier alpha value is -2.33. The van der Waals surface area contributed by atoms with Crippen LogP contribution in [0.25, 0.3) is 0 Å². The van der Waals surface area contributed by atoms with Crippen LogP contribution in [-0.2, 0) is 22.5 Å². The van der Waals surface area contributed by atoms with Crippen LogP contribution >= 0.6 is 0 Å². The van der Waals surface area contributed by atoms with Crippen molar-refractivity contribution in [2.75, 3.05) is 20.6 Å². The van der Waals surface area contributed by atoms with Crippen molar-refractivity contribution in [2.24, 2.45) is 0 Å². The summed E-state index contributed by atoms with van der Waals surface area (Å²) in [5, 5.41) is 0. The molecule has 0 aliphatic heterocycles. The summed E-state index contributed by atoms with van der Waals surface area (Å²) in [6.45, 7) is 6.09. The van der Waals surface area contributed by atoms with Crippen LogP contribution in [0.1, 0.15) is 115 Å². The van der Waals surface area contributed by atoms with E-state index in [1.54, 1.807) is 6.92 Å². The van der Waals surface area contributed by atoms with Crippen LogP contribution < -0.4 is 4.74 Å². The van der Waals surface area contributed by atoms with Gasteiger partial charge in [0.15, 0.2) is 0 Å². The highest BCUT2D eigenvalue weighted by molar-refractivity contribution is 5.69. The Morgan fingerprint density at radius 2 is 1.31 bits per heavy atom. The molecule has 4 heteroatoms. The van der Waals surface area contributed by atoms with Crippen molar-refractivity contribution < 1.29 is 18.8 Å². The van der Waals surface area contributed by atoms with E-state index in [9.17, 15) is 4.79 Å². The molecular formula is C35H56NO3+. The molecule has 0 heterocycles. The van der Waals surface area contributed by atoms with E-state index >= 15 is 0 Å². The molecule has 0 amide bonds. The second kappa shape index (κ2) is 19.7. The number of unbranched alkanes of at least 4 members (excludes halogenated alkanes) is 11. The number of rotatable bonds is 22. The number of carbonyl (C=O) groups is 1. The summed E-state index contributed by atoms with van der Waals surface area (Å²) >= 11 is 0. The predicted molar refractivity (Wildman–Crippen MR) is 164 cm³/mol. The second-order valence-corrected chi connectivity index (χ2v) is 11.9. The Kier molecular flexibility index (Phi) is 16.6. The number of esters is 1. The van der Waals surface area contributed by atoms with Gasteiger partial charge in [-0.25, -0.2) is 0 Å². The summed E-state index contributed by atoms with van der Waals surface area (Å²) in [5.74, 6) is 0.557. The molecule has 0 aliphatic carbocycles. The van der Waals surface area contributed by atoms with Crippen molar-refractivity contribution in [1.29, 1.82) is 0 Å². The van der Waals surface area contributed by atoms with Gasteiger partial charge in [0.1, 0.15) is 12.3 Å². The first-order valence-corrected chi connectivity index (χ1v) is 15.7. The molecule has 1 atom stereocenters. The van der Waals surface area contributed by atoms with E-state index in [4.69, 9.17) is 9.47 Å². The maximum absolute atomic E-state index is 12.3. The number of ether oxygens (including phenoxy) is 2. The maximum atomic E-state index is 12.3. The first-order chi connectivity index (χ1) is 18.9. The zero-order valence-corrected chi connectivity index (χ0v) is 25.5. The van der Waals surface area contributed by atoms with Crippen LogP contribution in [0.2, 0.25) is 0 Å². The van der Waals surface area contributed by atoms with Crippen molar-refractivity contribution in [3.8, 4) is 5.75 Å². The number of hydrogen-bond donors (Lipinski definition) is 0. The molecule has 0 aliphatic rings. The zero-order chi connectivity index (χ0) is 28.2. The van der Waals surface area contributed by atoms with Gasteiger partial charge in [-0.15, -0.1) is 0 Å². The van der Waals surface area contributed by atoms with E-state index in [1.165, 1.54) is 81.8 Å². The molecule has 2 aromatic rings. The molecule has 0 bridgehead atoms. The molecule has 1 unspecified atom stereocenters. The maximum Gasteiger partial charge on any atom is 0.308 e. The molecule has 0 N–H and O–H groups in total. The molecule has 2 rings (SSSR count). The van der Waals surface area contributed by atoms with Gasteiger partial charge in [-0.3, -0.25) is 4.79 Å². The standard InChI is InChI=1S/C35H56NO3/c1-5-6-7-8-9-10-11-12-13-14-16-21-32-25-27-34(28-26-32)38-31(2)39-35(37)24-19-20-29-36(3,4)30-33-22-17-15-18-23-33/h15,17-18,22-23,25-28,31H,5-14,16,19-21,24,29-30H2,1-4H3/q+1. The monoisotopic (exact) mass is 538 g/mol. The molecule has 2 aromatic carbocycles. The Labute approximate surface area is 239 Å². The molecule has 0 spiro atoms. The largest absolute Gasteiger partial charge is 0.455 e. The SMILES string of the molecule is CCCCCCCCCCCCCc1ccc(OC(C)OC(=O)CCCC[N+](C)(C)Cc2ccccc2)cc1. The fraction of sp³-hybridized carbons (Fsp3) is 0.629. The number of aryl methyl sites for hydroxylation is 1. The third kappa shape index (κ3) is 16.4. The Balaban J connectivity index is 1.51. The smallest absolute Gasteiger partial charge is 0.308 e. The van der Waals surface area contributed by atoms with Crippen molar-refractivity contribution in [1.82, 2.24) is 0 Å². The predicted octanol–water partition coefficient (Wildman–Crippen LogP) is 9.26. The lowest BCUT2D eigenvalue weighted by Crippen LogP contribution is -2.39. The first kappa shape index (κ1) is 32.9. The Bertz CT molecular complexity index is 879. The van der Waals surface area contributed by atoms with Gasteiger partial charge < -0.3 is 14.0 Å². The van der Waals surface area contributed by atoms with Gasteiger partial charge in [-0.2, -0.15) is 0 Å². The van der Waals surface area contributed by atoms with Crippen LogP contribution in [0.5, 0.6) is 5.75 Å². The number of benzene rings is 2. The molecule has 39 heavy (non-hydrogen) atoms. The van der Waals surface area contributed by atoms with E-state index in [2.05, 4.69) is 63.5 Å². The highest BCUT2D eigenvalue weighted by atomic mass is 16.7. The van der Waals surface area contributed by atoms with Crippen LogP contribution in [0.4, 0.5) is 0 Å². The topological polar surface area (TPSA) is 35.5 Å². The van der Waals surface area contributed by atoms with Gasteiger partial charge in [0.05, 0.1) is 20.6 Å². The number of hydrogen-bond acceptors (Lipinski definition) is 3. The summed E-state index contributed by atoms with van der Waals surface area (Å²) in [6, 6.07) is 18.8. The minimum Gasteiger partial charge on any atom is -0.455 e. The lowest BCUT2D eigenvalue weighted by Gasteiger charge is -2.30. The summed E-state index contributed by atoms with van der Waals surface area (Å²) in [4.78, 5) is 12.3. The van der Waals surface area contributed by atoms with Crippen LogP contribution in [0.15, 0.2) is 54.6 Å². The van der Waals surface area contributed by atoms with E-state index in [0.717, 1.165) is 42.6 Å². The lowest BCUT2D eigenvalue weighted by molar-refractivity contribution is -0.903. The molecule has 218 valence electrons. The van der Waals surface area contributed by atoms with E-state index in [1.807, 2.05) is 12.1 Å². The van der Waals surface area contributed by atoms with Gasteiger partial charge in [0.25, 0.3) is 0 Å². The van der Waals surface area contributed by atoms with E-state index in [-0.39, 0.29) is 5.97 Å². The summed E-state index contributed by atoms with van der Waals surface area (Å²) in [7, 11) is 4.48. The lowest BCUT2D eigenvalue weighted by atomic mass is 10.0. The van der Waals surface area contributed by atoms with E-state index < -0.39 is 6.29 Å². The van der Waals surface area contributed by atoms with Gasteiger partial charge in [0.2, 0.25) is 6.29 Å². The van der Waals surface area contributed by atoms with Crippen molar-refractivity contribution in [2.45, 2.75) is 123 Å². The van der Waals surface area contributed by atoms with Crippen LogP contribution in [0, 0.1) is 0 Å². The fourth-order valence-corrected chi connectivity index (χ4v) is 5.15. The van der Waals surface area contributed by atoms with Crippen molar-refractivity contribution >= 4 is 5.97 Å². The van der Waals surface area contributed by atoms with Crippen molar-refractivity contribution in [3.63, 3.8) is 0 Å².